The Hall–Kier alpha value is -0.130. The molecule has 1 N–H and O–H groups in total. The highest BCUT2D eigenvalue weighted by atomic mass is 32.2. The van der Waals surface area contributed by atoms with Gasteiger partial charge in [-0.15, -0.1) is 0 Å². The Morgan fingerprint density at radius 3 is 2.06 bits per heavy atom. The van der Waals surface area contributed by atoms with Gasteiger partial charge in [-0.1, -0.05) is 27.7 Å². The Labute approximate surface area is 107 Å². The minimum absolute atomic E-state index is 0.138. The van der Waals surface area contributed by atoms with E-state index >= 15 is 0 Å². The van der Waals surface area contributed by atoms with E-state index in [1.54, 1.807) is 11.4 Å². The van der Waals surface area contributed by atoms with Crippen LogP contribution in [0.25, 0.3) is 0 Å². The number of nitrogens with one attached hydrogen (secondary N) is 1. The van der Waals surface area contributed by atoms with Crippen LogP contribution in [0.5, 0.6) is 0 Å². The number of nitrogens with zero attached hydrogens (tertiary/aromatic N) is 1. The second kappa shape index (κ2) is 8.06. The van der Waals surface area contributed by atoms with Crippen molar-refractivity contribution in [3.63, 3.8) is 0 Å². The van der Waals surface area contributed by atoms with Gasteiger partial charge in [0, 0.05) is 19.1 Å². The predicted octanol–water partition coefficient (Wildman–Crippen LogP) is 1.68. The molecule has 0 unspecified atom stereocenters. The fourth-order valence-electron chi connectivity index (χ4n) is 1.89. The summed E-state index contributed by atoms with van der Waals surface area (Å²) in [5.74, 6) is 0.548. The average molecular weight is 264 g/mol. The largest absolute Gasteiger partial charge is 0.319 e. The zero-order valence-corrected chi connectivity index (χ0v) is 12.7. The SMILES string of the molecule is CCC(CC)N(CC(C)C)S(=O)(=O)CCNC. The molecule has 0 fully saturated rings. The molecule has 0 spiro atoms. The van der Waals surface area contributed by atoms with E-state index in [1.165, 1.54) is 0 Å². The van der Waals surface area contributed by atoms with Crippen molar-refractivity contribution in [2.75, 3.05) is 25.9 Å². The van der Waals surface area contributed by atoms with E-state index in [-0.39, 0.29) is 11.8 Å². The van der Waals surface area contributed by atoms with Gasteiger partial charge in [0.25, 0.3) is 0 Å². The van der Waals surface area contributed by atoms with Crippen LogP contribution >= 0.6 is 0 Å². The van der Waals surface area contributed by atoms with Crippen LogP contribution in [0, 0.1) is 5.92 Å². The third kappa shape index (κ3) is 5.84. The maximum Gasteiger partial charge on any atom is 0.215 e. The highest BCUT2D eigenvalue weighted by Crippen LogP contribution is 2.16. The van der Waals surface area contributed by atoms with Crippen LogP contribution in [0.3, 0.4) is 0 Å². The minimum Gasteiger partial charge on any atom is -0.319 e. The molecule has 0 saturated heterocycles. The second-order valence-corrected chi connectivity index (χ2v) is 6.89. The smallest absolute Gasteiger partial charge is 0.215 e. The molecule has 0 saturated carbocycles. The van der Waals surface area contributed by atoms with E-state index in [0.717, 1.165) is 12.8 Å². The summed E-state index contributed by atoms with van der Waals surface area (Å²) in [6.07, 6.45) is 1.75. The van der Waals surface area contributed by atoms with E-state index in [4.69, 9.17) is 0 Å². The number of sulfonamides is 1. The van der Waals surface area contributed by atoms with E-state index in [1.807, 2.05) is 0 Å². The van der Waals surface area contributed by atoms with Crippen LogP contribution in [0.4, 0.5) is 0 Å². The van der Waals surface area contributed by atoms with Crippen LogP contribution in [0.15, 0.2) is 0 Å². The van der Waals surface area contributed by atoms with Gasteiger partial charge in [-0.2, -0.15) is 4.31 Å². The summed E-state index contributed by atoms with van der Waals surface area (Å²) in [6.45, 7) is 9.35. The lowest BCUT2D eigenvalue weighted by Crippen LogP contribution is -2.44. The van der Waals surface area contributed by atoms with Crippen LogP contribution in [-0.2, 0) is 10.0 Å². The molecule has 0 radical (unpaired) electrons. The third-order valence-corrected chi connectivity index (χ3v) is 4.74. The summed E-state index contributed by atoms with van der Waals surface area (Å²) < 4.78 is 26.2. The zero-order chi connectivity index (χ0) is 13.5. The van der Waals surface area contributed by atoms with E-state index < -0.39 is 10.0 Å². The normalized spacial score (nSPS) is 12.9. The highest BCUT2D eigenvalue weighted by Gasteiger charge is 2.27. The van der Waals surface area contributed by atoms with Gasteiger partial charge in [-0.3, -0.25) is 0 Å². The van der Waals surface area contributed by atoms with Crippen molar-refractivity contribution in [3.05, 3.63) is 0 Å². The first-order chi connectivity index (χ1) is 7.88. The monoisotopic (exact) mass is 264 g/mol. The highest BCUT2D eigenvalue weighted by molar-refractivity contribution is 7.89. The van der Waals surface area contributed by atoms with Crippen LogP contribution in [0.1, 0.15) is 40.5 Å². The molecule has 0 aromatic rings. The molecule has 0 aliphatic heterocycles. The molecule has 0 aromatic carbocycles. The summed E-state index contributed by atoms with van der Waals surface area (Å²) >= 11 is 0. The summed E-state index contributed by atoms with van der Waals surface area (Å²) in [7, 11) is -1.35. The van der Waals surface area contributed by atoms with Crippen molar-refractivity contribution in [3.8, 4) is 0 Å². The van der Waals surface area contributed by atoms with E-state index in [2.05, 4.69) is 33.0 Å². The van der Waals surface area contributed by atoms with Crippen LogP contribution in [0.2, 0.25) is 0 Å². The number of hydrogen-bond acceptors (Lipinski definition) is 3. The first-order valence-corrected chi connectivity index (χ1v) is 8.14. The molecule has 0 aliphatic rings. The molecule has 0 rings (SSSR count). The van der Waals surface area contributed by atoms with Crippen LogP contribution < -0.4 is 5.32 Å². The first kappa shape index (κ1) is 16.9. The number of rotatable bonds is 9. The van der Waals surface area contributed by atoms with Crippen molar-refractivity contribution in [1.82, 2.24) is 9.62 Å². The van der Waals surface area contributed by atoms with Crippen molar-refractivity contribution in [2.24, 2.45) is 5.92 Å². The lowest BCUT2D eigenvalue weighted by atomic mass is 10.1. The van der Waals surface area contributed by atoms with Gasteiger partial charge in [0.2, 0.25) is 10.0 Å². The topological polar surface area (TPSA) is 49.4 Å². The van der Waals surface area contributed by atoms with E-state index in [9.17, 15) is 8.42 Å². The maximum atomic E-state index is 12.3. The quantitative estimate of drug-likeness (QED) is 0.689. The molecule has 0 heterocycles. The third-order valence-electron chi connectivity index (χ3n) is 2.86. The molecule has 0 bridgehead atoms. The van der Waals surface area contributed by atoms with Crippen molar-refractivity contribution in [2.45, 2.75) is 46.6 Å². The average Bonchev–Trinajstić information content (AvgIpc) is 2.26. The molecule has 0 aromatic heterocycles. The molecule has 5 heteroatoms. The predicted molar refractivity (Wildman–Crippen MR) is 73.6 cm³/mol. The summed E-state index contributed by atoms with van der Waals surface area (Å²) in [5.41, 5.74) is 0. The van der Waals surface area contributed by atoms with E-state index in [0.29, 0.717) is 19.0 Å². The molecular formula is C12H28N2O2S. The fourth-order valence-corrected chi connectivity index (χ4v) is 3.87. The van der Waals surface area contributed by atoms with Gasteiger partial charge in [-0.05, 0) is 25.8 Å². The summed E-state index contributed by atoms with van der Waals surface area (Å²) in [5, 5.41) is 2.90. The Morgan fingerprint density at radius 2 is 1.71 bits per heavy atom. The summed E-state index contributed by atoms with van der Waals surface area (Å²) in [4.78, 5) is 0. The molecule has 0 atom stereocenters. The lowest BCUT2D eigenvalue weighted by Gasteiger charge is -2.31. The van der Waals surface area contributed by atoms with Crippen LogP contribution in [-0.4, -0.2) is 44.7 Å². The maximum absolute atomic E-state index is 12.3. The van der Waals surface area contributed by atoms with Gasteiger partial charge in [-0.25, -0.2) is 8.42 Å². The van der Waals surface area contributed by atoms with Crippen molar-refractivity contribution >= 4 is 10.0 Å². The Bertz CT molecular complexity index is 285. The zero-order valence-electron chi connectivity index (χ0n) is 11.9. The minimum atomic E-state index is -3.13. The van der Waals surface area contributed by atoms with Gasteiger partial charge in [0.05, 0.1) is 5.75 Å². The second-order valence-electron chi connectivity index (χ2n) is 4.85. The molecule has 0 aliphatic carbocycles. The fraction of sp³-hybridized carbons (Fsp3) is 1.00. The van der Waals surface area contributed by atoms with Gasteiger partial charge in [0.15, 0.2) is 0 Å². The Balaban J connectivity index is 4.88. The molecule has 0 amide bonds. The van der Waals surface area contributed by atoms with Gasteiger partial charge in [0.1, 0.15) is 0 Å². The number of hydrogen-bond donors (Lipinski definition) is 1. The van der Waals surface area contributed by atoms with Crippen molar-refractivity contribution in [1.29, 1.82) is 0 Å². The molecule has 17 heavy (non-hydrogen) atoms. The molecular weight excluding hydrogens is 236 g/mol. The van der Waals surface area contributed by atoms with Gasteiger partial charge < -0.3 is 5.32 Å². The lowest BCUT2D eigenvalue weighted by molar-refractivity contribution is 0.277. The van der Waals surface area contributed by atoms with Gasteiger partial charge >= 0.3 is 0 Å². The summed E-state index contributed by atoms with van der Waals surface area (Å²) in [6, 6.07) is 0.138. The standard InChI is InChI=1S/C12H28N2O2S/c1-6-12(7-2)14(10-11(3)4)17(15,16)9-8-13-5/h11-13H,6-10H2,1-5H3. The van der Waals surface area contributed by atoms with Crippen molar-refractivity contribution < 1.29 is 8.42 Å². The molecule has 104 valence electrons. The Kier molecular flexibility index (Phi) is 8.00. The first-order valence-electron chi connectivity index (χ1n) is 6.53. The Morgan fingerprint density at radius 1 is 1.18 bits per heavy atom. The molecule has 4 nitrogen and oxygen atoms in total.